The molecule has 8 nitrogen and oxygen atoms in total. The average Bonchev–Trinajstić information content (AvgIpc) is 2.61. The third-order valence-electron chi connectivity index (χ3n) is 3.99. The van der Waals surface area contributed by atoms with E-state index in [0.717, 1.165) is 4.90 Å². The highest BCUT2D eigenvalue weighted by atomic mass is 16.3. The molecule has 0 saturated carbocycles. The van der Waals surface area contributed by atoms with Crippen LogP contribution in [0.3, 0.4) is 0 Å². The lowest BCUT2D eigenvalue weighted by molar-refractivity contribution is -0.139. The van der Waals surface area contributed by atoms with Crippen LogP contribution in [-0.4, -0.2) is 88.6 Å². The Morgan fingerprint density at radius 3 is 2.32 bits per heavy atom. The number of carbonyl (C=O) groups excluding carboxylic acids is 3. The number of piperazine rings is 1. The molecule has 2 fully saturated rings. The summed E-state index contributed by atoms with van der Waals surface area (Å²) in [6, 6.07) is -0.518. The first-order chi connectivity index (χ1) is 10.2. The fourth-order valence-corrected chi connectivity index (χ4v) is 2.75. The molecule has 124 valence electrons. The molecule has 0 aromatic carbocycles. The third-order valence-corrected chi connectivity index (χ3v) is 3.99. The van der Waals surface area contributed by atoms with Crippen LogP contribution in [0.25, 0.3) is 0 Å². The Balaban J connectivity index is 1.86. The van der Waals surface area contributed by atoms with Gasteiger partial charge in [-0.2, -0.15) is 0 Å². The van der Waals surface area contributed by atoms with Crippen LogP contribution in [0.2, 0.25) is 0 Å². The van der Waals surface area contributed by atoms with Crippen molar-refractivity contribution in [1.29, 1.82) is 0 Å². The van der Waals surface area contributed by atoms with Crippen LogP contribution in [-0.2, 0) is 9.59 Å². The van der Waals surface area contributed by atoms with Gasteiger partial charge < -0.3 is 15.3 Å². The largest absolute Gasteiger partial charge is 0.392 e. The van der Waals surface area contributed by atoms with Crippen molar-refractivity contribution < 1.29 is 19.5 Å². The first kappa shape index (κ1) is 16.7. The average molecular weight is 312 g/mol. The van der Waals surface area contributed by atoms with Gasteiger partial charge in [0.1, 0.15) is 12.1 Å². The fourth-order valence-electron chi connectivity index (χ4n) is 2.75. The zero-order valence-corrected chi connectivity index (χ0v) is 13.3. The highest BCUT2D eigenvalue weighted by molar-refractivity contribution is 6.08. The van der Waals surface area contributed by atoms with Gasteiger partial charge in [-0.1, -0.05) is 0 Å². The van der Waals surface area contributed by atoms with E-state index in [2.05, 4.69) is 10.2 Å². The molecule has 0 bridgehead atoms. The first-order valence-electron chi connectivity index (χ1n) is 7.53. The van der Waals surface area contributed by atoms with Gasteiger partial charge in [0, 0.05) is 32.7 Å². The molecule has 2 rings (SSSR count). The first-order valence-corrected chi connectivity index (χ1v) is 7.53. The van der Waals surface area contributed by atoms with Crippen molar-refractivity contribution in [2.75, 3.05) is 39.3 Å². The summed E-state index contributed by atoms with van der Waals surface area (Å²) < 4.78 is 0. The lowest BCUT2D eigenvalue weighted by Gasteiger charge is -2.35. The summed E-state index contributed by atoms with van der Waals surface area (Å²) in [6.45, 7) is 7.78. The number of urea groups is 1. The van der Waals surface area contributed by atoms with Crippen LogP contribution in [0, 0.1) is 0 Å². The number of carbonyl (C=O) groups is 3. The second-order valence-corrected chi connectivity index (χ2v) is 6.48. The standard InChI is InChI=1S/C14H24N4O4/c1-10(19)8-16-4-6-17(7-5-16)11(20)9-18-12(21)14(2,3)15-13(18)22/h10,19H,4-9H2,1-3H3,(H,15,22). The molecule has 1 unspecified atom stereocenters. The summed E-state index contributed by atoms with van der Waals surface area (Å²) in [7, 11) is 0. The van der Waals surface area contributed by atoms with Gasteiger partial charge in [-0.05, 0) is 20.8 Å². The predicted molar refractivity (Wildman–Crippen MR) is 79.0 cm³/mol. The van der Waals surface area contributed by atoms with Crippen LogP contribution < -0.4 is 5.32 Å². The molecule has 0 aromatic heterocycles. The Labute approximate surface area is 130 Å². The molecule has 2 heterocycles. The van der Waals surface area contributed by atoms with Crippen LogP contribution in [0.4, 0.5) is 4.79 Å². The minimum atomic E-state index is -0.951. The molecule has 0 radical (unpaired) electrons. The quantitative estimate of drug-likeness (QED) is 0.639. The van der Waals surface area contributed by atoms with Gasteiger partial charge in [0.05, 0.1) is 6.10 Å². The van der Waals surface area contributed by atoms with Gasteiger partial charge in [0.25, 0.3) is 5.91 Å². The SMILES string of the molecule is CC(O)CN1CCN(C(=O)CN2C(=O)NC(C)(C)C2=O)CC1. The maximum Gasteiger partial charge on any atom is 0.325 e. The van der Waals surface area contributed by atoms with Crippen molar-refractivity contribution in [1.82, 2.24) is 20.0 Å². The van der Waals surface area contributed by atoms with Gasteiger partial charge in [-0.3, -0.25) is 19.4 Å². The number of rotatable bonds is 4. The summed E-state index contributed by atoms with van der Waals surface area (Å²) in [5.41, 5.74) is -0.951. The van der Waals surface area contributed by atoms with Crippen molar-refractivity contribution in [3.63, 3.8) is 0 Å². The molecule has 1 atom stereocenters. The third kappa shape index (κ3) is 3.56. The van der Waals surface area contributed by atoms with E-state index in [0.29, 0.717) is 32.7 Å². The number of aliphatic hydroxyl groups excluding tert-OH is 1. The van der Waals surface area contributed by atoms with Crippen LogP contribution in [0.5, 0.6) is 0 Å². The smallest absolute Gasteiger partial charge is 0.325 e. The summed E-state index contributed by atoms with van der Waals surface area (Å²) >= 11 is 0. The Bertz CT molecular complexity index is 469. The van der Waals surface area contributed by atoms with Gasteiger partial charge in [0.2, 0.25) is 5.91 Å². The van der Waals surface area contributed by atoms with Crippen molar-refractivity contribution in [3.05, 3.63) is 0 Å². The topological polar surface area (TPSA) is 93.2 Å². The second kappa shape index (κ2) is 6.21. The Morgan fingerprint density at radius 2 is 1.86 bits per heavy atom. The molecule has 8 heteroatoms. The van der Waals surface area contributed by atoms with Crippen LogP contribution in [0.15, 0.2) is 0 Å². The lowest BCUT2D eigenvalue weighted by atomic mass is 10.1. The molecular weight excluding hydrogens is 288 g/mol. The normalized spacial score (nSPS) is 23.6. The maximum absolute atomic E-state index is 12.3. The van der Waals surface area contributed by atoms with E-state index in [-0.39, 0.29) is 18.4 Å². The number of hydrogen-bond donors (Lipinski definition) is 2. The number of imide groups is 1. The number of aliphatic hydroxyl groups is 1. The number of hydrogen-bond acceptors (Lipinski definition) is 5. The molecular formula is C14H24N4O4. The zero-order valence-electron chi connectivity index (χ0n) is 13.3. The van der Waals surface area contributed by atoms with E-state index >= 15 is 0 Å². The highest BCUT2D eigenvalue weighted by Crippen LogP contribution is 2.16. The van der Waals surface area contributed by atoms with E-state index in [1.807, 2.05) is 0 Å². The second-order valence-electron chi connectivity index (χ2n) is 6.48. The maximum atomic E-state index is 12.3. The van der Waals surface area contributed by atoms with E-state index < -0.39 is 17.7 Å². The van der Waals surface area contributed by atoms with Gasteiger partial charge in [0.15, 0.2) is 0 Å². The molecule has 4 amide bonds. The van der Waals surface area contributed by atoms with Gasteiger partial charge >= 0.3 is 6.03 Å². The van der Waals surface area contributed by atoms with Crippen molar-refractivity contribution in [2.24, 2.45) is 0 Å². The molecule has 0 aromatic rings. The number of nitrogens with one attached hydrogen (secondary N) is 1. The predicted octanol–water partition coefficient (Wildman–Crippen LogP) is -1.16. The van der Waals surface area contributed by atoms with E-state index in [4.69, 9.17) is 0 Å². The van der Waals surface area contributed by atoms with Crippen LogP contribution in [0.1, 0.15) is 20.8 Å². The minimum Gasteiger partial charge on any atom is -0.392 e. The molecule has 2 aliphatic heterocycles. The lowest BCUT2D eigenvalue weighted by Crippen LogP contribution is -2.53. The van der Waals surface area contributed by atoms with Crippen LogP contribution >= 0.6 is 0 Å². The summed E-state index contributed by atoms with van der Waals surface area (Å²) in [5.74, 6) is -0.600. The zero-order chi connectivity index (χ0) is 16.5. The Hall–Kier alpha value is -1.67. The molecule has 0 aliphatic carbocycles. The molecule has 2 aliphatic rings. The number of β-amino-alcohol motifs (C(OH)–C–C–N with tert-alkyl or cyclic N) is 1. The van der Waals surface area contributed by atoms with Crippen molar-refractivity contribution in [3.8, 4) is 0 Å². The van der Waals surface area contributed by atoms with Crippen molar-refractivity contribution in [2.45, 2.75) is 32.4 Å². The van der Waals surface area contributed by atoms with E-state index in [9.17, 15) is 19.5 Å². The monoisotopic (exact) mass is 312 g/mol. The highest BCUT2D eigenvalue weighted by Gasteiger charge is 2.45. The Morgan fingerprint density at radius 1 is 1.27 bits per heavy atom. The number of nitrogens with zero attached hydrogens (tertiary/aromatic N) is 3. The minimum absolute atomic E-state index is 0.218. The Kier molecular flexibility index (Phi) is 4.72. The number of amides is 4. The van der Waals surface area contributed by atoms with E-state index in [1.54, 1.807) is 25.7 Å². The molecule has 2 saturated heterocycles. The summed E-state index contributed by atoms with van der Waals surface area (Å²) in [5, 5.41) is 11.9. The summed E-state index contributed by atoms with van der Waals surface area (Å²) in [6.07, 6.45) is -0.393. The van der Waals surface area contributed by atoms with E-state index in [1.165, 1.54) is 0 Å². The van der Waals surface area contributed by atoms with Gasteiger partial charge in [-0.25, -0.2) is 4.79 Å². The van der Waals surface area contributed by atoms with Gasteiger partial charge in [-0.15, -0.1) is 0 Å². The molecule has 22 heavy (non-hydrogen) atoms. The fraction of sp³-hybridized carbons (Fsp3) is 0.786. The van der Waals surface area contributed by atoms with Crippen molar-refractivity contribution >= 4 is 17.8 Å². The molecule has 0 spiro atoms. The molecule has 2 N–H and O–H groups in total. The summed E-state index contributed by atoms with van der Waals surface area (Å²) in [4.78, 5) is 40.8.